The lowest BCUT2D eigenvalue weighted by Crippen LogP contribution is -2.58. The summed E-state index contributed by atoms with van der Waals surface area (Å²) in [6.45, 7) is 1.28. The van der Waals surface area contributed by atoms with Gasteiger partial charge in [-0.1, -0.05) is 24.6 Å². The molecular weight excluding hydrogens is 348 g/mol. The first-order chi connectivity index (χ1) is 12.9. The van der Waals surface area contributed by atoms with E-state index in [0.29, 0.717) is 17.4 Å². The van der Waals surface area contributed by atoms with E-state index in [4.69, 9.17) is 4.74 Å². The van der Waals surface area contributed by atoms with E-state index in [9.17, 15) is 19.2 Å². The number of carbonyl (C=O) groups excluding carboxylic acids is 4. The summed E-state index contributed by atoms with van der Waals surface area (Å²) in [7, 11) is 0. The summed E-state index contributed by atoms with van der Waals surface area (Å²) < 4.78 is 5.14. The van der Waals surface area contributed by atoms with Gasteiger partial charge < -0.3 is 4.74 Å². The Labute approximate surface area is 156 Å². The first kappa shape index (κ1) is 17.5. The van der Waals surface area contributed by atoms with Crippen molar-refractivity contribution in [2.45, 2.75) is 38.6 Å². The highest BCUT2D eigenvalue weighted by molar-refractivity contribution is 6.31. The summed E-state index contributed by atoms with van der Waals surface area (Å²) in [5, 5.41) is 2.28. The molecule has 0 aromatic heterocycles. The Morgan fingerprint density at radius 1 is 1.19 bits per heavy atom. The number of fused-ring (bicyclic) bond motifs is 2. The van der Waals surface area contributed by atoms with Crippen LogP contribution in [0.5, 0.6) is 5.75 Å². The number of nitrogens with zero attached hydrogens (tertiary/aromatic N) is 1. The summed E-state index contributed by atoms with van der Waals surface area (Å²) >= 11 is 0. The first-order valence-electron chi connectivity index (χ1n) is 9.12. The van der Waals surface area contributed by atoms with Crippen LogP contribution in [0.15, 0.2) is 29.8 Å². The van der Waals surface area contributed by atoms with E-state index in [2.05, 4.69) is 5.32 Å². The fourth-order valence-electron chi connectivity index (χ4n) is 4.50. The van der Waals surface area contributed by atoms with Crippen molar-refractivity contribution in [3.8, 4) is 5.75 Å². The standard InChI is InChI=1S/C20H20N2O5/c1-11(23)27-17-5-3-2-4-14(17)10-15-18(24)21-20(26)22(19(15)25)16-9-12-6-7-13(16)8-12/h2-5,10,12-13,16H,6-9H2,1H3,(H,21,24,26). The number of amides is 4. The van der Waals surface area contributed by atoms with Crippen molar-refractivity contribution >= 4 is 29.9 Å². The van der Waals surface area contributed by atoms with Crippen LogP contribution in [0.1, 0.15) is 38.2 Å². The Kier molecular flexibility index (Phi) is 4.30. The maximum Gasteiger partial charge on any atom is 0.331 e. The van der Waals surface area contributed by atoms with Gasteiger partial charge in [0.25, 0.3) is 11.8 Å². The number of imide groups is 2. The quantitative estimate of drug-likeness (QED) is 0.382. The first-order valence-corrected chi connectivity index (χ1v) is 9.12. The maximum absolute atomic E-state index is 13.0. The number of para-hydroxylation sites is 1. The Morgan fingerprint density at radius 2 is 1.96 bits per heavy atom. The number of benzene rings is 1. The zero-order chi connectivity index (χ0) is 19.1. The second kappa shape index (κ2) is 6.64. The molecule has 4 amide bonds. The average molecular weight is 368 g/mol. The van der Waals surface area contributed by atoms with Crippen molar-refractivity contribution in [2.24, 2.45) is 11.8 Å². The monoisotopic (exact) mass is 368 g/mol. The van der Waals surface area contributed by atoms with Crippen LogP contribution in [0, 0.1) is 11.8 Å². The van der Waals surface area contributed by atoms with Crippen molar-refractivity contribution in [1.82, 2.24) is 10.2 Å². The SMILES string of the molecule is CC(=O)Oc1ccccc1C=C1C(=O)NC(=O)N(C2CC3CCC2C3)C1=O. The van der Waals surface area contributed by atoms with E-state index in [1.165, 1.54) is 17.9 Å². The summed E-state index contributed by atoms with van der Waals surface area (Å²) in [5.41, 5.74) is 0.297. The highest BCUT2D eigenvalue weighted by Gasteiger charge is 2.49. The number of nitrogens with one attached hydrogen (secondary N) is 1. The minimum atomic E-state index is -0.734. The van der Waals surface area contributed by atoms with Crippen LogP contribution in [0.3, 0.4) is 0 Å². The van der Waals surface area contributed by atoms with E-state index in [-0.39, 0.29) is 17.4 Å². The lowest BCUT2D eigenvalue weighted by Gasteiger charge is -2.35. The number of urea groups is 1. The van der Waals surface area contributed by atoms with Gasteiger partial charge in [0.05, 0.1) is 0 Å². The predicted octanol–water partition coefficient (Wildman–Crippen LogP) is 2.26. The van der Waals surface area contributed by atoms with Gasteiger partial charge in [0.15, 0.2) is 0 Å². The van der Waals surface area contributed by atoms with Crippen molar-refractivity contribution in [2.75, 3.05) is 0 Å². The van der Waals surface area contributed by atoms with Gasteiger partial charge >= 0.3 is 12.0 Å². The van der Waals surface area contributed by atoms with Crippen LogP contribution < -0.4 is 10.1 Å². The fourth-order valence-corrected chi connectivity index (χ4v) is 4.50. The molecule has 3 unspecified atom stereocenters. The Hall–Kier alpha value is -2.96. The van der Waals surface area contributed by atoms with E-state index >= 15 is 0 Å². The van der Waals surface area contributed by atoms with E-state index in [0.717, 1.165) is 25.7 Å². The normalized spacial score (nSPS) is 28.6. The molecule has 0 radical (unpaired) electrons. The molecule has 1 N–H and O–H groups in total. The third kappa shape index (κ3) is 3.13. The van der Waals surface area contributed by atoms with Gasteiger partial charge in [-0.15, -0.1) is 0 Å². The molecule has 3 aliphatic rings. The topological polar surface area (TPSA) is 92.8 Å². The van der Waals surface area contributed by atoms with E-state index in [1.807, 2.05) is 0 Å². The number of hydrogen-bond donors (Lipinski definition) is 1. The lowest BCUT2D eigenvalue weighted by molar-refractivity contribution is -0.133. The van der Waals surface area contributed by atoms with E-state index in [1.54, 1.807) is 24.3 Å². The Morgan fingerprint density at radius 3 is 2.63 bits per heavy atom. The van der Waals surface area contributed by atoms with Crippen LogP contribution in [0.25, 0.3) is 6.08 Å². The smallest absolute Gasteiger partial charge is 0.331 e. The zero-order valence-corrected chi connectivity index (χ0v) is 14.9. The molecule has 1 aliphatic heterocycles. The molecule has 27 heavy (non-hydrogen) atoms. The average Bonchev–Trinajstić information content (AvgIpc) is 3.22. The van der Waals surface area contributed by atoms with Gasteiger partial charge in [0.1, 0.15) is 11.3 Å². The van der Waals surface area contributed by atoms with Crippen LogP contribution in [-0.4, -0.2) is 34.8 Å². The number of hydrogen-bond acceptors (Lipinski definition) is 5. The lowest BCUT2D eigenvalue weighted by atomic mass is 9.93. The van der Waals surface area contributed by atoms with Gasteiger partial charge in [0, 0.05) is 18.5 Å². The van der Waals surface area contributed by atoms with Crippen molar-refractivity contribution in [1.29, 1.82) is 0 Å². The molecular formula is C20H20N2O5. The molecule has 3 atom stereocenters. The third-order valence-corrected chi connectivity index (χ3v) is 5.64. The third-order valence-electron chi connectivity index (χ3n) is 5.64. The molecule has 1 saturated heterocycles. The molecule has 1 aromatic carbocycles. The van der Waals surface area contributed by atoms with Crippen molar-refractivity contribution in [3.63, 3.8) is 0 Å². The molecule has 2 bridgehead atoms. The minimum Gasteiger partial charge on any atom is -0.426 e. The molecule has 1 heterocycles. The summed E-state index contributed by atoms with van der Waals surface area (Å²) in [4.78, 5) is 50.2. The Bertz CT molecular complexity index is 875. The van der Waals surface area contributed by atoms with Gasteiger partial charge in [0.2, 0.25) is 0 Å². The molecule has 3 fully saturated rings. The van der Waals surface area contributed by atoms with Gasteiger partial charge in [-0.3, -0.25) is 24.6 Å². The van der Waals surface area contributed by atoms with Crippen LogP contribution in [0.4, 0.5) is 4.79 Å². The minimum absolute atomic E-state index is 0.128. The van der Waals surface area contributed by atoms with Gasteiger partial charge in [-0.2, -0.15) is 0 Å². The zero-order valence-electron chi connectivity index (χ0n) is 14.9. The van der Waals surface area contributed by atoms with Crippen LogP contribution >= 0.6 is 0 Å². The molecule has 0 spiro atoms. The molecule has 2 aliphatic carbocycles. The molecule has 7 nitrogen and oxygen atoms in total. The van der Waals surface area contributed by atoms with Gasteiger partial charge in [-0.05, 0) is 43.2 Å². The van der Waals surface area contributed by atoms with Crippen LogP contribution in [-0.2, 0) is 14.4 Å². The predicted molar refractivity (Wildman–Crippen MR) is 95.3 cm³/mol. The maximum atomic E-state index is 13.0. The summed E-state index contributed by atoms with van der Waals surface area (Å²) in [6.07, 6.45) is 5.36. The highest BCUT2D eigenvalue weighted by atomic mass is 16.5. The summed E-state index contributed by atoms with van der Waals surface area (Å²) in [5.74, 6) is -0.704. The number of carbonyl (C=O) groups is 4. The van der Waals surface area contributed by atoms with Crippen LogP contribution in [0.2, 0.25) is 0 Å². The number of rotatable bonds is 3. The Balaban J connectivity index is 1.67. The second-order valence-corrected chi connectivity index (χ2v) is 7.37. The second-order valence-electron chi connectivity index (χ2n) is 7.37. The largest absolute Gasteiger partial charge is 0.426 e. The molecule has 2 saturated carbocycles. The van der Waals surface area contributed by atoms with E-state index < -0.39 is 23.8 Å². The fraction of sp³-hybridized carbons (Fsp3) is 0.400. The summed E-state index contributed by atoms with van der Waals surface area (Å²) in [6, 6.07) is 5.82. The van der Waals surface area contributed by atoms with Gasteiger partial charge in [-0.25, -0.2) is 4.79 Å². The highest BCUT2D eigenvalue weighted by Crippen LogP contribution is 2.47. The number of esters is 1. The number of barbiturate groups is 1. The number of ether oxygens (including phenoxy) is 1. The van der Waals surface area contributed by atoms with Crippen molar-refractivity contribution < 1.29 is 23.9 Å². The molecule has 1 aromatic rings. The molecule has 7 heteroatoms. The van der Waals surface area contributed by atoms with Crippen molar-refractivity contribution in [3.05, 3.63) is 35.4 Å². The molecule has 140 valence electrons. The molecule has 4 rings (SSSR count).